The summed E-state index contributed by atoms with van der Waals surface area (Å²) in [6, 6.07) is 10.4. The summed E-state index contributed by atoms with van der Waals surface area (Å²) in [6.45, 7) is 2.05. The fraction of sp³-hybridized carbons (Fsp3) is 0.278. The van der Waals surface area contributed by atoms with Crippen LogP contribution in [0.4, 0.5) is 5.82 Å². The molecule has 5 rings (SSSR count). The van der Waals surface area contributed by atoms with E-state index >= 15 is 0 Å². The standard InChI is InChI=1S/C18H17N7O/c1-2-13-8-12(3-4-15(13)19-6-1)10-25-18-17(23-24-25)20-9-16(22-18)21-14-5-7-26-11-14/h1-4,6,8-9,14H,5,7,10-11H2,(H,21,22). The molecule has 4 aromatic rings. The average Bonchev–Trinajstić information content (AvgIpc) is 3.32. The van der Waals surface area contributed by atoms with Gasteiger partial charge in [0.2, 0.25) is 5.65 Å². The normalized spacial score (nSPS) is 17.2. The molecule has 130 valence electrons. The van der Waals surface area contributed by atoms with Gasteiger partial charge < -0.3 is 10.1 Å². The third kappa shape index (κ3) is 2.84. The molecular weight excluding hydrogens is 330 g/mol. The minimum atomic E-state index is 0.277. The van der Waals surface area contributed by atoms with Gasteiger partial charge in [-0.15, -0.1) is 5.10 Å². The number of anilines is 1. The molecular formula is C18H17N7O. The van der Waals surface area contributed by atoms with Crippen LogP contribution in [0.1, 0.15) is 12.0 Å². The largest absolute Gasteiger partial charge is 0.379 e. The zero-order chi connectivity index (χ0) is 17.3. The molecule has 1 N–H and O–H groups in total. The van der Waals surface area contributed by atoms with Crippen molar-refractivity contribution in [2.24, 2.45) is 0 Å². The van der Waals surface area contributed by atoms with Gasteiger partial charge in [-0.2, -0.15) is 0 Å². The fourth-order valence-corrected chi connectivity index (χ4v) is 3.19. The highest BCUT2D eigenvalue weighted by Crippen LogP contribution is 2.17. The van der Waals surface area contributed by atoms with E-state index in [1.807, 2.05) is 18.2 Å². The van der Waals surface area contributed by atoms with E-state index in [4.69, 9.17) is 4.74 Å². The van der Waals surface area contributed by atoms with Crippen molar-refractivity contribution < 1.29 is 4.74 Å². The van der Waals surface area contributed by atoms with Crippen molar-refractivity contribution in [1.82, 2.24) is 29.9 Å². The fourth-order valence-electron chi connectivity index (χ4n) is 3.19. The lowest BCUT2D eigenvalue weighted by atomic mass is 10.1. The second-order valence-electron chi connectivity index (χ2n) is 6.38. The van der Waals surface area contributed by atoms with E-state index in [0.29, 0.717) is 24.4 Å². The van der Waals surface area contributed by atoms with Gasteiger partial charge in [0, 0.05) is 18.2 Å². The van der Waals surface area contributed by atoms with Gasteiger partial charge in [-0.3, -0.25) is 4.98 Å². The second kappa shape index (κ2) is 6.30. The third-order valence-corrected chi connectivity index (χ3v) is 4.51. The molecule has 1 unspecified atom stereocenters. The summed E-state index contributed by atoms with van der Waals surface area (Å²) in [4.78, 5) is 13.4. The number of rotatable bonds is 4. The van der Waals surface area contributed by atoms with Crippen molar-refractivity contribution in [3.63, 3.8) is 0 Å². The van der Waals surface area contributed by atoms with E-state index in [2.05, 4.69) is 42.7 Å². The molecule has 8 heteroatoms. The van der Waals surface area contributed by atoms with Crippen LogP contribution in [0.5, 0.6) is 0 Å². The Hall–Kier alpha value is -3.13. The predicted octanol–water partition coefficient (Wildman–Crippen LogP) is 2.02. The highest BCUT2D eigenvalue weighted by Gasteiger charge is 2.17. The Balaban J connectivity index is 1.45. The first kappa shape index (κ1) is 15.2. The SMILES string of the molecule is c1cnc2ccc(Cn3nnc4ncc(NC5CCOC5)nc43)cc2c1. The topological polar surface area (TPSA) is 90.6 Å². The van der Waals surface area contributed by atoms with Gasteiger partial charge >= 0.3 is 0 Å². The van der Waals surface area contributed by atoms with Crippen molar-refractivity contribution in [2.45, 2.75) is 19.0 Å². The van der Waals surface area contributed by atoms with Crippen LogP contribution < -0.4 is 5.32 Å². The Bertz CT molecular complexity index is 1070. The van der Waals surface area contributed by atoms with Crippen molar-refractivity contribution in [3.05, 3.63) is 48.3 Å². The van der Waals surface area contributed by atoms with Crippen LogP contribution in [-0.2, 0) is 11.3 Å². The van der Waals surface area contributed by atoms with Crippen LogP contribution in [0.3, 0.4) is 0 Å². The molecule has 1 aliphatic rings. The van der Waals surface area contributed by atoms with Crippen LogP contribution in [0.25, 0.3) is 22.2 Å². The van der Waals surface area contributed by atoms with Gasteiger partial charge in [0.15, 0.2) is 5.65 Å². The van der Waals surface area contributed by atoms with E-state index in [0.717, 1.165) is 35.3 Å². The Labute approximate surface area is 149 Å². The summed E-state index contributed by atoms with van der Waals surface area (Å²) in [6.07, 6.45) is 4.47. The average molecular weight is 347 g/mol. The Morgan fingerprint density at radius 3 is 3.15 bits per heavy atom. The molecule has 4 heterocycles. The number of hydrogen-bond donors (Lipinski definition) is 1. The third-order valence-electron chi connectivity index (χ3n) is 4.51. The van der Waals surface area contributed by atoms with Crippen molar-refractivity contribution in [2.75, 3.05) is 18.5 Å². The number of ether oxygens (including phenoxy) is 1. The number of nitrogens with zero attached hydrogens (tertiary/aromatic N) is 6. The van der Waals surface area contributed by atoms with Crippen molar-refractivity contribution >= 4 is 28.0 Å². The molecule has 1 saturated heterocycles. The van der Waals surface area contributed by atoms with Crippen LogP contribution in [-0.4, -0.2) is 49.2 Å². The van der Waals surface area contributed by atoms with Crippen molar-refractivity contribution in [1.29, 1.82) is 0 Å². The Morgan fingerprint density at radius 1 is 1.23 bits per heavy atom. The summed E-state index contributed by atoms with van der Waals surface area (Å²) in [7, 11) is 0. The van der Waals surface area contributed by atoms with Gasteiger partial charge in [-0.1, -0.05) is 17.3 Å². The Kier molecular flexibility index (Phi) is 3.67. The molecule has 26 heavy (non-hydrogen) atoms. The number of benzene rings is 1. The van der Waals surface area contributed by atoms with Crippen molar-refractivity contribution in [3.8, 4) is 0 Å². The minimum Gasteiger partial charge on any atom is -0.379 e. The maximum absolute atomic E-state index is 5.39. The first-order chi connectivity index (χ1) is 12.8. The number of fused-ring (bicyclic) bond motifs is 2. The van der Waals surface area contributed by atoms with Gasteiger partial charge in [0.25, 0.3) is 0 Å². The van der Waals surface area contributed by atoms with Gasteiger partial charge in [0.1, 0.15) is 5.82 Å². The van der Waals surface area contributed by atoms with Crippen LogP contribution in [0.15, 0.2) is 42.7 Å². The second-order valence-corrected chi connectivity index (χ2v) is 6.38. The Morgan fingerprint density at radius 2 is 2.23 bits per heavy atom. The molecule has 3 aromatic heterocycles. The zero-order valence-corrected chi connectivity index (χ0v) is 14.0. The molecule has 0 radical (unpaired) electrons. The number of nitrogens with one attached hydrogen (secondary N) is 1. The number of hydrogen-bond acceptors (Lipinski definition) is 7. The molecule has 0 spiro atoms. The van der Waals surface area contributed by atoms with Gasteiger partial charge in [-0.05, 0) is 30.2 Å². The molecule has 0 bridgehead atoms. The monoisotopic (exact) mass is 347 g/mol. The molecule has 0 saturated carbocycles. The quantitative estimate of drug-likeness (QED) is 0.604. The molecule has 1 atom stereocenters. The van der Waals surface area contributed by atoms with Crippen LogP contribution in [0.2, 0.25) is 0 Å². The summed E-state index contributed by atoms with van der Waals surface area (Å²) in [5.41, 5.74) is 3.30. The number of pyridine rings is 1. The number of aromatic nitrogens is 6. The first-order valence-corrected chi connectivity index (χ1v) is 8.59. The molecule has 0 amide bonds. The summed E-state index contributed by atoms with van der Waals surface area (Å²) < 4.78 is 7.17. The minimum absolute atomic E-state index is 0.277. The van der Waals surface area contributed by atoms with E-state index < -0.39 is 0 Å². The molecule has 1 fully saturated rings. The summed E-state index contributed by atoms with van der Waals surface area (Å²) in [5.74, 6) is 0.722. The lowest BCUT2D eigenvalue weighted by molar-refractivity contribution is 0.195. The zero-order valence-electron chi connectivity index (χ0n) is 14.0. The highest BCUT2D eigenvalue weighted by molar-refractivity contribution is 5.79. The van der Waals surface area contributed by atoms with Gasteiger partial charge in [-0.25, -0.2) is 14.6 Å². The maximum Gasteiger partial charge on any atom is 0.221 e. The molecule has 0 aliphatic carbocycles. The molecule has 8 nitrogen and oxygen atoms in total. The first-order valence-electron chi connectivity index (χ1n) is 8.59. The van der Waals surface area contributed by atoms with Crippen LogP contribution in [0, 0.1) is 0 Å². The highest BCUT2D eigenvalue weighted by atomic mass is 16.5. The molecule has 1 aliphatic heterocycles. The summed E-state index contributed by atoms with van der Waals surface area (Å²) in [5, 5.41) is 12.8. The van der Waals surface area contributed by atoms with E-state index in [-0.39, 0.29) is 6.04 Å². The lowest BCUT2D eigenvalue weighted by Gasteiger charge is -2.10. The predicted molar refractivity (Wildman–Crippen MR) is 96.8 cm³/mol. The van der Waals surface area contributed by atoms with E-state index in [1.54, 1.807) is 17.1 Å². The molecule has 1 aromatic carbocycles. The van der Waals surface area contributed by atoms with Gasteiger partial charge in [0.05, 0.1) is 30.9 Å². The van der Waals surface area contributed by atoms with E-state index in [9.17, 15) is 0 Å². The summed E-state index contributed by atoms with van der Waals surface area (Å²) >= 11 is 0. The lowest BCUT2D eigenvalue weighted by Crippen LogP contribution is -2.20. The maximum atomic E-state index is 5.39. The smallest absolute Gasteiger partial charge is 0.221 e. The van der Waals surface area contributed by atoms with Crippen LogP contribution >= 0.6 is 0 Å². The van der Waals surface area contributed by atoms with E-state index in [1.165, 1.54) is 0 Å².